The maximum absolute atomic E-state index is 12.8. The molecule has 42 heavy (non-hydrogen) atoms. The second kappa shape index (κ2) is 21.6. The number of amides is 1. The van der Waals surface area contributed by atoms with Crippen molar-refractivity contribution >= 4 is 17.7 Å². The van der Waals surface area contributed by atoms with Crippen LogP contribution in [0, 0.1) is 17.8 Å². The Labute approximate surface area is 254 Å². The third-order valence-corrected chi connectivity index (χ3v) is 8.29. The van der Waals surface area contributed by atoms with Gasteiger partial charge in [-0.2, -0.15) is 0 Å². The molecule has 0 aliphatic carbocycles. The van der Waals surface area contributed by atoms with Gasteiger partial charge in [0.2, 0.25) is 0 Å². The molecule has 0 aromatic heterocycles. The van der Waals surface area contributed by atoms with E-state index in [1.165, 1.54) is 0 Å². The van der Waals surface area contributed by atoms with Crippen LogP contribution in [-0.4, -0.2) is 63.9 Å². The van der Waals surface area contributed by atoms with E-state index in [1.807, 2.05) is 32.9 Å². The number of ketones is 1. The highest BCUT2D eigenvalue weighted by Crippen LogP contribution is 2.22. The number of hydrogen-bond acceptors (Lipinski definition) is 7. The summed E-state index contributed by atoms with van der Waals surface area (Å²) in [6.45, 7) is 9.83. The Morgan fingerprint density at radius 2 is 1.62 bits per heavy atom. The molecule has 1 amide bonds. The van der Waals surface area contributed by atoms with E-state index >= 15 is 0 Å². The van der Waals surface area contributed by atoms with Gasteiger partial charge >= 0.3 is 5.97 Å². The molecule has 0 fully saturated rings. The summed E-state index contributed by atoms with van der Waals surface area (Å²) < 4.78 is 5.58. The van der Waals surface area contributed by atoms with E-state index in [2.05, 4.69) is 25.2 Å². The van der Waals surface area contributed by atoms with E-state index in [4.69, 9.17) is 4.74 Å². The summed E-state index contributed by atoms with van der Waals surface area (Å²) in [6.07, 6.45) is 11.4. The van der Waals surface area contributed by atoms with Crippen LogP contribution in [0.4, 0.5) is 0 Å². The minimum Gasteiger partial charge on any atom is -0.452 e. The lowest BCUT2D eigenvalue weighted by Crippen LogP contribution is -2.43. The predicted molar refractivity (Wildman–Crippen MR) is 167 cm³/mol. The Morgan fingerprint density at radius 3 is 2.31 bits per heavy atom. The number of carbonyl (C=O) groups is 3. The van der Waals surface area contributed by atoms with E-state index in [0.717, 1.165) is 44.1 Å². The molecule has 1 aliphatic heterocycles. The molecule has 0 aromatic rings. The smallest absolute Gasteiger partial charge is 0.309 e. The molecular formula is C34H59NO7. The number of carbonyl (C=O) groups excluding carboxylic acids is 3. The number of Topliss-reactive ketones (excluding diaryl/α,β-unsaturated/α-hetero) is 1. The zero-order valence-electron chi connectivity index (χ0n) is 26.9. The molecule has 0 bridgehead atoms. The number of β-amino-alcohol motifs (C(OH)–C–C–N with tert-alkyl or cyclic N) is 1. The zero-order chi connectivity index (χ0) is 31.5. The van der Waals surface area contributed by atoms with Crippen molar-refractivity contribution in [3.05, 3.63) is 23.8 Å². The number of aliphatic hydroxyl groups is 3. The number of nitrogens with one attached hydrogen (secondary N) is 1. The monoisotopic (exact) mass is 593 g/mol. The van der Waals surface area contributed by atoms with Crippen molar-refractivity contribution in [2.75, 3.05) is 6.54 Å². The molecule has 0 spiro atoms. The lowest BCUT2D eigenvalue weighted by molar-refractivity contribution is -0.160. The molecule has 8 heteroatoms. The second-order valence-electron chi connectivity index (χ2n) is 12.5. The number of aliphatic hydroxyl groups excluding tert-OH is 3. The first-order chi connectivity index (χ1) is 20.0. The van der Waals surface area contributed by atoms with Gasteiger partial charge in [-0.05, 0) is 70.1 Å². The van der Waals surface area contributed by atoms with Crippen molar-refractivity contribution < 1.29 is 34.4 Å². The van der Waals surface area contributed by atoms with Crippen molar-refractivity contribution in [3.8, 4) is 0 Å². The molecule has 4 N–H and O–H groups in total. The number of hydrogen-bond donors (Lipinski definition) is 4. The minimum atomic E-state index is -1.13. The SMILES string of the molecule is CCCC1OC(=O)[C@@H](C)C[C@H](C)CCCCC(=O)CCC[C@@H](CC)/C=C/C=C(/C)CC[C@@H](O)[C@@H](O)C[C@H](O)CNC1=O. The van der Waals surface area contributed by atoms with Gasteiger partial charge in [-0.1, -0.05) is 70.8 Å². The largest absolute Gasteiger partial charge is 0.452 e. The van der Waals surface area contributed by atoms with Crippen LogP contribution in [0.5, 0.6) is 0 Å². The lowest BCUT2D eigenvalue weighted by atomic mass is 9.92. The lowest BCUT2D eigenvalue weighted by Gasteiger charge is -2.23. The summed E-state index contributed by atoms with van der Waals surface area (Å²) in [4.78, 5) is 38.0. The first kappa shape index (κ1) is 38.0. The minimum absolute atomic E-state index is 0.0854. The van der Waals surface area contributed by atoms with Gasteiger partial charge in [-0.3, -0.25) is 14.4 Å². The number of allylic oxidation sites excluding steroid dienone is 4. The number of cyclic esters (lactones) is 1. The normalized spacial score (nSPS) is 33.8. The van der Waals surface area contributed by atoms with Gasteiger partial charge in [0.15, 0.2) is 6.10 Å². The Hall–Kier alpha value is -2.03. The third-order valence-electron chi connectivity index (χ3n) is 8.29. The standard InChI is InChI=1S/C34H59NO7/c1-6-12-32-33(40)35-23-29(37)22-31(39)30(38)20-19-24(3)14-10-15-27(7-2)16-11-18-28(36)17-9-8-13-25(4)21-26(5)34(41)42-32/h10,14-15,25-27,29-32,37-39H,6-9,11-13,16-23H2,1-5H3,(H,35,40)/b15-10+,24-14-/t25-,26+,27+,29+,30-,31+,32?/m1/s1. The van der Waals surface area contributed by atoms with E-state index < -0.39 is 36.3 Å². The number of esters is 1. The number of rotatable bonds is 3. The maximum atomic E-state index is 12.8. The fraction of sp³-hybridized carbons (Fsp3) is 0.794. The van der Waals surface area contributed by atoms with Crippen LogP contribution in [-0.2, 0) is 19.1 Å². The Kier molecular flexibility index (Phi) is 19.6. The first-order valence-electron chi connectivity index (χ1n) is 16.3. The molecule has 7 atom stereocenters. The van der Waals surface area contributed by atoms with Gasteiger partial charge in [-0.25, -0.2) is 0 Å². The summed E-state index contributed by atoms with van der Waals surface area (Å²) in [5.74, 6) is -0.230. The molecule has 242 valence electrons. The quantitative estimate of drug-likeness (QED) is 0.314. The van der Waals surface area contributed by atoms with Crippen molar-refractivity contribution in [2.45, 2.75) is 149 Å². The van der Waals surface area contributed by atoms with Crippen molar-refractivity contribution in [3.63, 3.8) is 0 Å². The highest BCUT2D eigenvalue weighted by Gasteiger charge is 2.27. The van der Waals surface area contributed by atoms with Gasteiger partial charge in [0.25, 0.3) is 5.91 Å². The molecule has 1 aliphatic rings. The average molecular weight is 594 g/mol. The fourth-order valence-electron chi connectivity index (χ4n) is 5.40. The van der Waals surface area contributed by atoms with Gasteiger partial charge in [0.1, 0.15) is 5.78 Å². The molecule has 0 aromatic carbocycles. The first-order valence-corrected chi connectivity index (χ1v) is 16.3. The van der Waals surface area contributed by atoms with Crippen LogP contribution in [0.3, 0.4) is 0 Å². The predicted octanol–water partition coefficient (Wildman–Crippen LogP) is 5.57. The van der Waals surface area contributed by atoms with Gasteiger partial charge in [-0.15, -0.1) is 0 Å². The molecule has 0 saturated carbocycles. The topological polar surface area (TPSA) is 133 Å². The summed E-state index contributed by atoms with van der Waals surface area (Å²) >= 11 is 0. The van der Waals surface area contributed by atoms with Crippen LogP contribution >= 0.6 is 0 Å². The molecular weight excluding hydrogens is 534 g/mol. The Bertz CT molecular complexity index is 855. The van der Waals surface area contributed by atoms with Gasteiger partial charge in [0.05, 0.1) is 24.2 Å². The van der Waals surface area contributed by atoms with Crippen LogP contribution in [0.1, 0.15) is 125 Å². The van der Waals surface area contributed by atoms with Crippen molar-refractivity contribution in [2.24, 2.45) is 17.8 Å². The molecule has 0 radical (unpaired) electrons. The summed E-state index contributed by atoms with van der Waals surface area (Å²) in [5.41, 5.74) is 1.07. The van der Waals surface area contributed by atoms with E-state index in [1.54, 1.807) is 0 Å². The third kappa shape index (κ3) is 16.6. The molecule has 1 heterocycles. The highest BCUT2D eigenvalue weighted by molar-refractivity contribution is 5.84. The van der Waals surface area contributed by atoms with Crippen molar-refractivity contribution in [1.82, 2.24) is 5.32 Å². The number of ether oxygens (including phenoxy) is 1. The van der Waals surface area contributed by atoms with E-state index in [0.29, 0.717) is 62.6 Å². The Balaban J connectivity index is 2.88. The van der Waals surface area contributed by atoms with Gasteiger partial charge in [0, 0.05) is 25.8 Å². The fourth-order valence-corrected chi connectivity index (χ4v) is 5.40. The summed E-state index contributed by atoms with van der Waals surface area (Å²) in [6, 6.07) is 0. The van der Waals surface area contributed by atoms with Crippen LogP contribution in [0.25, 0.3) is 0 Å². The highest BCUT2D eigenvalue weighted by atomic mass is 16.5. The second-order valence-corrected chi connectivity index (χ2v) is 12.5. The van der Waals surface area contributed by atoms with Gasteiger partial charge < -0.3 is 25.4 Å². The van der Waals surface area contributed by atoms with Crippen LogP contribution in [0.2, 0.25) is 0 Å². The zero-order valence-corrected chi connectivity index (χ0v) is 26.9. The average Bonchev–Trinajstić information content (AvgIpc) is 2.95. The summed E-state index contributed by atoms with van der Waals surface area (Å²) in [7, 11) is 0. The molecule has 8 nitrogen and oxygen atoms in total. The summed E-state index contributed by atoms with van der Waals surface area (Å²) in [5, 5.41) is 33.8. The maximum Gasteiger partial charge on any atom is 0.309 e. The van der Waals surface area contributed by atoms with E-state index in [9.17, 15) is 29.7 Å². The Morgan fingerprint density at radius 1 is 0.905 bits per heavy atom. The van der Waals surface area contributed by atoms with E-state index in [-0.39, 0.29) is 18.9 Å². The van der Waals surface area contributed by atoms with Crippen LogP contribution < -0.4 is 5.32 Å². The van der Waals surface area contributed by atoms with Crippen molar-refractivity contribution in [1.29, 1.82) is 0 Å². The molecule has 1 rings (SSSR count). The van der Waals surface area contributed by atoms with Crippen LogP contribution in [0.15, 0.2) is 23.8 Å². The molecule has 1 unspecified atom stereocenters. The molecule has 0 saturated heterocycles.